The summed E-state index contributed by atoms with van der Waals surface area (Å²) in [5, 5.41) is 4.13. The van der Waals surface area contributed by atoms with E-state index >= 15 is 0 Å². The number of aromatic nitrogens is 3. The van der Waals surface area contributed by atoms with Crippen molar-refractivity contribution in [3.8, 4) is 5.88 Å². The molecule has 0 N–H and O–H groups in total. The second-order valence-electron chi connectivity index (χ2n) is 3.82. The van der Waals surface area contributed by atoms with Gasteiger partial charge in [0.15, 0.2) is 5.65 Å². The normalized spacial score (nSPS) is 17.8. The Morgan fingerprint density at radius 2 is 2.19 bits per heavy atom. The summed E-state index contributed by atoms with van der Waals surface area (Å²) >= 11 is 0. The van der Waals surface area contributed by atoms with Gasteiger partial charge in [0.05, 0.1) is 13.2 Å². The zero-order valence-corrected chi connectivity index (χ0v) is 8.87. The molecule has 1 aliphatic heterocycles. The van der Waals surface area contributed by atoms with Gasteiger partial charge >= 0.3 is 0 Å². The molecule has 0 radical (unpaired) electrons. The fourth-order valence-electron chi connectivity index (χ4n) is 1.87. The quantitative estimate of drug-likeness (QED) is 0.763. The van der Waals surface area contributed by atoms with E-state index in [1.54, 1.807) is 4.52 Å². The van der Waals surface area contributed by atoms with Gasteiger partial charge in [-0.25, -0.2) is 4.98 Å². The van der Waals surface area contributed by atoms with Gasteiger partial charge in [-0.3, -0.25) is 0 Å². The average molecular weight is 219 g/mol. The number of nitrogens with zero attached hydrogens (tertiary/aromatic N) is 3. The van der Waals surface area contributed by atoms with Crippen molar-refractivity contribution < 1.29 is 9.47 Å². The SMILES string of the molecule is c1cc(OC2CCOCC2)n2ncnc2c1. The first kappa shape index (κ1) is 9.59. The number of ether oxygens (including phenoxy) is 2. The molecule has 2 aromatic rings. The van der Waals surface area contributed by atoms with Gasteiger partial charge in [0.1, 0.15) is 12.4 Å². The first-order valence-electron chi connectivity index (χ1n) is 5.46. The van der Waals surface area contributed by atoms with Gasteiger partial charge in [-0.15, -0.1) is 0 Å². The molecular formula is C11H13N3O2. The fraction of sp³-hybridized carbons (Fsp3) is 0.455. The van der Waals surface area contributed by atoms with E-state index in [1.807, 2.05) is 18.2 Å². The van der Waals surface area contributed by atoms with Crippen LogP contribution in [0.4, 0.5) is 0 Å². The average Bonchev–Trinajstić information content (AvgIpc) is 2.80. The lowest BCUT2D eigenvalue weighted by Crippen LogP contribution is -2.26. The molecule has 5 nitrogen and oxygen atoms in total. The fourth-order valence-corrected chi connectivity index (χ4v) is 1.87. The Balaban J connectivity index is 1.85. The van der Waals surface area contributed by atoms with E-state index in [9.17, 15) is 0 Å². The highest BCUT2D eigenvalue weighted by molar-refractivity contribution is 5.39. The van der Waals surface area contributed by atoms with Crippen LogP contribution < -0.4 is 4.74 Å². The van der Waals surface area contributed by atoms with Gasteiger partial charge in [-0.2, -0.15) is 9.61 Å². The van der Waals surface area contributed by atoms with Crippen molar-refractivity contribution in [2.24, 2.45) is 0 Å². The first-order valence-corrected chi connectivity index (χ1v) is 5.46. The summed E-state index contributed by atoms with van der Waals surface area (Å²) < 4.78 is 12.9. The van der Waals surface area contributed by atoms with Crippen LogP contribution in [-0.4, -0.2) is 33.9 Å². The van der Waals surface area contributed by atoms with E-state index < -0.39 is 0 Å². The second kappa shape index (κ2) is 4.09. The summed E-state index contributed by atoms with van der Waals surface area (Å²) in [5.41, 5.74) is 0.810. The molecule has 0 spiro atoms. The van der Waals surface area contributed by atoms with Gasteiger partial charge in [-0.1, -0.05) is 6.07 Å². The van der Waals surface area contributed by atoms with Crippen LogP contribution in [0.5, 0.6) is 5.88 Å². The highest BCUT2D eigenvalue weighted by Crippen LogP contribution is 2.18. The maximum atomic E-state index is 5.91. The van der Waals surface area contributed by atoms with Crippen LogP contribution >= 0.6 is 0 Å². The summed E-state index contributed by atoms with van der Waals surface area (Å²) in [4.78, 5) is 4.12. The van der Waals surface area contributed by atoms with Crippen LogP contribution in [0.3, 0.4) is 0 Å². The van der Waals surface area contributed by atoms with Gasteiger partial charge < -0.3 is 9.47 Å². The van der Waals surface area contributed by atoms with Crippen molar-refractivity contribution in [3.05, 3.63) is 24.5 Å². The highest BCUT2D eigenvalue weighted by atomic mass is 16.5. The molecule has 5 heteroatoms. The van der Waals surface area contributed by atoms with Crippen molar-refractivity contribution in [1.82, 2.24) is 14.6 Å². The zero-order chi connectivity index (χ0) is 10.8. The molecule has 84 valence electrons. The minimum absolute atomic E-state index is 0.226. The number of pyridine rings is 1. The minimum Gasteiger partial charge on any atom is -0.474 e. The van der Waals surface area contributed by atoms with E-state index in [1.165, 1.54) is 6.33 Å². The topological polar surface area (TPSA) is 48.7 Å². The molecule has 0 atom stereocenters. The van der Waals surface area contributed by atoms with Crippen LogP contribution in [0.25, 0.3) is 5.65 Å². The molecule has 0 saturated carbocycles. The first-order chi connectivity index (χ1) is 7.93. The van der Waals surface area contributed by atoms with E-state index in [-0.39, 0.29) is 6.10 Å². The third-order valence-electron chi connectivity index (χ3n) is 2.72. The van der Waals surface area contributed by atoms with Crippen LogP contribution in [0, 0.1) is 0 Å². The van der Waals surface area contributed by atoms with Crippen LogP contribution in [0.1, 0.15) is 12.8 Å². The van der Waals surface area contributed by atoms with Crippen LogP contribution in [0.15, 0.2) is 24.5 Å². The molecule has 3 heterocycles. The van der Waals surface area contributed by atoms with Crippen molar-refractivity contribution in [2.75, 3.05) is 13.2 Å². The third-order valence-corrected chi connectivity index (χ3v) is 2.72. The number of hydrogen-bond acceptors (Lipinski definition) is 4. The van der Waals surface area contributed by atoms with Gasteiger partial charge in [0, 0.05) is 18.9 Å². The molecule has 1 saturated heterocycles. The van der Waals surface area contributed by atoms with Gasteiger partial charge in [0.25, 0.3) is 0 Å². The monoisotopic (exact) mass is 219 g/mol. The Bertz CT molecular complexity index is 477. The third kappa shape index (κ3) is 1.74. The highest BCUT2D eigenvalue weighted by Gasteiger charge is 2.16. The van der Waals surface area contributed by atoms with Gasteiger partial charge in [0.2, 0.25) is 5.88 Å². The van der Waals surface area contributed by atoms with Crippen LogP contribution in [0.2, 0.25) is 0 Å². The predicted octanol–water partition coefficient (Wildman–Crippen LogP) is 1.29. The second-order valence-corrected chi connectivity index (χ2v) is 3.82. The molecule has 0 aliphatic carbocycles. The molecule has 0 aromatic carbocycles. The van der Waals surface area contributed by atoms with Crippen molar-refractivity contribution in [3.63, 3.8) is 0 Å². The summed E-state index contributed by atoms with van der Waals surface area (Å²) in [6.07, 6.45) is 3.63. The minimum atomic E-state index is 0.226. The molecule has 1 fully saturated rings. The Kier molecular flexibility index (Phi) is 2.46. The lowest BCUT2D eigenvalue weighted by Gasteiger charge is -2.23. The standard InChI is InChI=1S/C11H13N3O2/c1-2-10-12-8-13-14(10)11(3-1)16-9-4-6-15-7-5-9/h1-3,8-9H,4-7H2. The Labute approximate surface area is 93.0 Å². The van der Waals surface area contributed by atoms with Crippen molar-refractivity contribution in [1.29, 1.82) is 0 Å². The lowest BCUT2D eigenvalue weighted by molar-refractivity contribution is 0.0228. The smallest absolute Gasteiger partial charge is 0.216 e. The number of hydrogen-bond donors (Lipinski definition) is 0. The summed E-state index contributed by atoms with van der Waals surface area (Å²) in [7, 11) is 0. The molecule has 1 aliphatic rings. The molecule has 16 heavy (non-hydrogen) atoms. The van der Waals surface area contributed by atoms with Crippen LogP contribution in [-0.2, 0) is 4.74 Å². The maximum absolute atomic E-state index is 5.91. The van der Waals surface area contributed by atoms with Crippen molar-refractivity contribution >= 4 is 5.65 Å². The summed E-state index contributed by atoms with van der Waals surface area (Å²) in [6.45, 7) is 1.55. The Morgan fingerprint density at radius 1 is 1.31 bits per heavy atom. The van der Waals surface area contributed by atoms with E-state index in [4.69, 9.17) is 9.47 Å². The lowest BCUT2D eigenvalue weighted by atomic mass is 10.1. The molecule has 2 aromatic heterocycles. The summed E-state index contributed by atoms with van der Waals surface area (Å²) in [6, 6.07) is 5.75. The Hall–Kier alpha value is -1.62. The number of rotatable bonds is 2. The van der Waals surface area contributed by atoms with Crippen molar-refractivity contribution in [2.45, 2.75) is 18.9 Å². The Morgan fingerprint density at radius 3 is 3.06 bits per heavy atom. The van der Waals surface area contributed by atoms with E-state index in [0.717, 1.165) is 37.6 Å². The van der Waals surface area contributed by atoms with E-state index in [2.05, 4.69) is 10.1 Å². The molecule has 0 unspecified atom stereocenters. The maximum Gasteiger partial charge on any atom is 0.216 e. The molecule has 3 rings (SSSR count). The molecule has 0 amide bonds. The largest absolute Gasteiger partial charge is 0.474 e. The summed E-state index contributed by atoms with van der Waals surface area (Å²) in [5.74, 6) is 0.752. The van der Waals surface area contributed by atoms with E-state index in [0.29, 0.717) is 0 Å². The molecule has 0 bridgehead atoms. The predicted molar refractivity (Wildman–Crippen MR) is 57.5 cm³/mol. The zero-order valence-electron chi connectivity index (χ0n) is 8.87. The van der Waals surface area contributed by atoms with Gasteiger partial charge in [-0.05, 0) is 6.07 Å². The molecular weight excluding hydrogens is 206 g/mol. The number of fused-ring (bicyclic) bond motifs is 1.